The van der Waals surface area contributed by atoms with E-state index < -0.39 is 9.84 Å². The van der Waals surface area contributed by atoms with Crippen molar-refractivity contribution in [1.82, 2.24) is 4.90 Å². The predicted molar refractivity (Wildman–Crippen MR) is 97.7 cm³/mol. The van der Waals surface area contributed by atoms with Crippen molar-refractivity contribution in [3.63, 3.8) is 0 Å². The van der Waals surface area contributed by atoms with Gasteiger partial charge in [-0.1, -0.05) is 19.8 Å². The maximum atomic E-state index is 12.9. The molecule has 1 saturated carbocycles. The van der Waals surface area contributed by atoms with Crippen LogP contribution < -0.4 is 4.74 Å². The summed E-state index contributed by atoms with van der Waals surface area (Å²) < 4.78 is 29.3. The van der Waals surface area contributed by atoms with E-state index in [-0.39, 0.29) is 29.5 Å². The zero-order valence-corrected chi connectivity index (χ0v) is 15.6. The number of rotatable bonds is 8. The van der Waals surface area contributed by atoms with Crippen LogP contribution in [0, 0.1) is 0 Å². The highest BCUT2D eigenvalue weighted by molar-refractivity contribution is 7.91. The number of sulfone groups is 1. The van der Waals surface area contributed by atoms with Gasteiger partial charge in [0.05, 0.1) is 18.1 Å². The molecular weight excluding hydrogens is 338 g/mol. The Morgan fingerprint density at radius 1 is 1.12 bits per heavy atom. The SMILES string of the molecule is CCCCCOc1ccc(C(=O)N(C2CC2)C2CCS(=O)(=O)C2)cc1. The average Bonchev–Trinajstić information content (AvgIpc) is 3.35. The van der Waals surface area contributed by atoms with Crippen LogP contribution in [-0.4, -0.2) is 49.4 Å². The fraction of sp³-hybridized carbons (Fsp3) is 0.632. The monoisotopic (exact) mass is 365 g/mol. The molecule has 1 aliphatic carbocycles. The smallest absolute Gasteiger partial charge is 0.254 e. The van der Waals surface area contributed by atoms with E-state index in [9.17, 15) is 13.2 Å². The second-order valence-corrected chi connectivity index (χ2v) is 9.31. The molecule has 3 rings (SSSR count). The van der Waals surface area contributed by atoms with Crippen molar-refractivity contribution >= 4 is 15.7 Å². The van der Waals surface area contributed by atoms with Gasteiger partial charge < -0.3 is 9.64 Å². The van der Waals surface area contributed by atoms with Crippen molar-refractivity contribution in [3.8, 4) is 5.75 Å². The molecule has 1 saturated heterocycles. The molecule has 1 heterocycles. The number of unbranched alkanes of at least 4 members (excludes halogenated alkanes) is 2. The van der Waals surface area contributed by atoms with Crippen LogP contribution >= 0.6 is 0 Å². The predicted octanol–water partition coefficient (Wildman–Crippen LogP) is 3.05. The third-order valence-electron chi connectivity index (χ3n) is 4.89. The Hall–Kier alpha value is -1.56. The largest absolute Gasteiger partial charge is 0.494 e. The van der Waals surface area contributed by atoms with Crippen molar-refractivity contribution < 1.29 is 17.9 Å². The van der Waals surface area contributed by atoms with E-state index in [1.165, 1.54) is 0 Å². The number of carbonyl (C=O) groups is 1. The first kappa shape index (κ1) is 18.2. The van der Waals surface area contributed by atoms with Crippen molar-refractivity contribution in [2.24, 2.45) is 0 Å². The summed E-state index contributed by atoms with van der Waals surface area (Å²) in [4.78, 5) is 14.7. The zero-order chi connectivity index (χ0) is 17.9. The summed E-state index contributed by atoms with van der Waals surface area (Å²) in [6.45, 7) is 2.84. The number of hydrogen-bond acceptors (Lipinski definition) is 4. The van der Waals surface area contributed by atoms with E-state index in [1.807, 2.05) is 17.0 Å². The van der Waals surface area contributed by atoms with Gasteiger partial charge in [-0.05, 0) is 49.9 Å². The highest BCUT2D eigenvalue weighted by Gasteiger charge is 2.42. The molecule has 1 aromatic rings. The van der Waals surface area contributed by atoms with Crippen molar-refractivity contribution in [2.75, 3.05) is 18.1 Å². The van der Waals surface area contributed by atoms with Crippen LogP contribution in [0.3, 0.4) is 0 Å². The number of carbonyl (C=O) groups excluding carboxylic acids is 1. The summed E-state index contributed by atoms with van der Waals surface area (Å²) in [6.07, 6.45) is 5.84. The molecule has 2 aliphatic rings. The second-order valence-electron chi connectivity index (χ2n) is 7.08. The van der Waals surface area contributed by atoms with Gasteiger partial charge in [0.1, 0.15) is 5.75 Å². The number of amides is 1. The Morgan fingerprint density at radius 3 is 2.40 bits per heavy atom. The van der Waals surface area contributed by atoms with Gasteiger partial charge >= 0.3 is 0 Å². The van der Waals surface area contributed by atoms with Crippen molar-refractivity contribution in [3.05, 3.63) is 29.8 Å². The second kappa shape index (κ2) is 7.77. The first-order valence-corrected chi connectivity index (χ1v) is 11.1. The fourth-order valence-corrected chi connectivity index (χ4v) is 5.07. The summed E-state index contributed by atoms with van der Waals surface area (Å²) >= 11 is 0. The molecular formula is C19H27NO4S. The Balaban J connectivity index is 1.64. The lowest BCUT2D eigenvalue weighted by atomic mass is 10.1. The lowest BCUT2D eigenvalue weighted by Gasteiger charge is -2.28. The third kappa shape index (κ3) is 4.75. The van der Waals surface area contributed by atoms with Gasteiger partial charge in [0.2, 0.25) is 0 Å². The molecule has 1 atom stereocenters. The number of ether oxygens (including phenoxy) is 1. The molecule has 0 aromatic heterocycles. The molecule has 0 N–H and O–H groups in total. The molecule has 2 fully saturated rings. The van der Waals surface area contributed by atoms with Crippen LogP contribution in [0.15, 0.2) is 24.3 Å². The first-order valence-electron chi connectivity index (χ1n) is 9.26. The highest BCUT2D eigenvalue weighted by Crippen LogP contribution is 2.33. The molecule has 0 bridgehead atoms. The van der Waals surface area contributed by atoms with Crippen molar-refractivity contribution in [2.45, 2.75) is 57.5 Å². The van der Waals surface area contributed by atoms with Gasteiger partial charge in [0.15, 0.2) is 9.84 Å². The van der Waals surface area contributed by atoms with E-state index in [0.717, 1.165) is 37.9 Å². The standard InChI is InChI=1S/C19H27NO4S/c1-2-3-4-12-24-18-9-5-15(6-10-18)19(21)20(16-7-8-16)17-11-13-25(22,23)14-17/h5-6,9-10,16-17H,2-4,7-8,11-14H2,1H3. The van der Waals surface area contributed by atoms with Gasteiger partial charge in [-0.3, -0.25) is 4.79 Å². The number of benzene rings is 1. The Kier molecular flexibility index (Phi) is 5.67. The summed E-state index contributed by atoms with van der Waals surface area (Å²) in [5, 5.41) is 0. The third-order valence-corrected chi connectivity index (χ3v) is 6.64. The molecule has 0 spiro atoms. The molecule has 1 aromatic carbocycles. The van der Waals surface area contributed by atoms with Gasteiger partial charge in [0, 0.05) is 17.6 Å². The van der Waals surface area contributed by atoms with Crippen LogP contribution in [0.25, 0.3) is 0 Å². The van der Waals surface area contributed by atoms with Gasteiger partial charge in [0.25, 0.3) is 5.91 Å². The summed E-state index contributed by atoms with van der Waals surface area (Å²) in [6, 6.07) is 7.27. The maximum Gasteiger partial charge on any atom is 0.254 e. The van der Waals surface area contributed by atoms with E-state index in [2.05, 4.69) is 6.92 Å². The fourth-order valence-electron chi connectivity index (χ4n) is 3.36. The van der Waals surface area contributed by atoms with Crippen LogP contribution in [0.4, 0.5) is 0 Å². The van der Waals surface area contributed by atoms with Crippen LogP contribution in [-0.2, 0) is 9.84 Å². The van der Waals surface area contributed by atoms with Gasteiger partial charge in [-0.25, -0.2) is 8.42 Å². The Labute approximate surface area is 150 Å². The quantitative estimate of drug-likeness (QED) is 0.664. The lowest BCUT2D eigenvalue weighted by molar-refractivity contribution is 0.0681. The van der Waals surface area contributed by atoms with E-state index in [4.69, 9.17) is 4.74 Å². The first-order chi connectivity index (χ1) is 12.0. The van der Waals surface area contributed by atoms with Crippen LogP contribution in [0.5, 0.6) is 5.75 Å². The molecule has 6 heteroatoms. The van der Waals surface area contributed by atoms with Crippen molar-refractivity contribution in [1.29, 1.82) is 0 Å². The minimum absolute atomic E-state index is 0.0536. The van der Waals surface area contributed by atoms with Crippen LogP contribution in [0.1, 0.15) is 55.8 Å². The number of hydrogen-bond donors (Lipinski definition) is 0. The maximum absolute atomic E-state index is 12.9. The molecule has 1 unspecified atom stereocenters. The molecule has 1 amide bonds. The van der Waals surface area contributed by atoms with E-state index in [0.29, 0.717) is 18.6 Å². The average molecular weight is 365 g/mol. The zero-order valence-electron chi connectivity index (χ0n) is 14.8. The molecule has 138 valence electrons. The summed E-state index contributed by atoms with van der Waals surface area (Å²) in [5.74, 6) is 1.02. The highest BCUT2D eigenvalue weighted by atomic mass is 32.2. The summed E-state index contributed by atoms with van der Waals surface area (Å²) in [5.41, 5.74) is 0.608. The van der Waals surface area contributed by atoms with E-state index >= 15 is 0 Å². The summed E-state index contributed by atoms with van der Waals surface area (Å²) in [7, 11) is -3.00. The normalized spacial score (nSPS) is 21.9. The molecule has 1 aliphatic heterocycles. The Morgan fingerprint density at radius 2 is 1.84 bits per heavy atom. The molecule has 0 radical (unpaired) electrons. The Bertz CT molecular complexity index is 695. The minimum Gasteiger partial charge on any atom is -0.494 e. The van der Waals surface area contributed by atoms with Crippen LogP contribution in [0.2, 0.25) is 0 Å². The van der Waals surface area contributed by atoms with Gasteiger partial charge in [-0.2, -0.15) is 0 Å². The molecule has 5 nitrogen and oxygen atoms in total. The van der Waals surface area contributed by atoms with E-state index in [1.54, 1.807) is 12.1 Å². The van der Waals surface area contributed by atoms with Gasteiger partial charge in [-0.15, -0.1) is 0 Å². The molecule has 25 heavy (non-hydrogen) atoms. The lowest BCUT2D eigenvalue weighted by Crippen LogP contribution is -2.42. The number of nitrogens with zero attached hydrogens (tertiary/aromatic N) is 1. The topological polar surface area (TPSA) is 63.7 Å². The minimum atomic E-state index is -3.00.